The minimum Gasteiger partial charge on any atom is -0.339 e. The highest BCUT2D eigenvalue weighted by atomic mass is 16.6. The van der Waals surface area contributed by atoms with E-state index >= 15 is 0 Å². The molecular weight excluding hydrogens is 244 g/mol. The van der Waals surface area contributed by atoms with Crippen molar-refractivity contribution in [3.8, 4) is 0 Å². The number of piperidine rings is 1. The molecule has 0 aliphatic carbocycles. The average Bonchev–Trinajstić information content (AvgIpc) is 2.46. The number of likely N-dealkylation sites (tertiary alicyclic amines) is 1. The third-order valence-corrected chi connectivity index (χ3v) is 3.19. The first-order valence-corrected chi connectivity index (χ1v) is 6.38. The fourth-order valence-corrected chi connectivity index (χ4v) is 2.09. The van der Waals surface area contributed by atoms with Crippen LogP contribution in [-0.2, 0) is 4.79 Å². The van der Waals surface area contributed by atoms with E-state index in [9.17, 15) is 14.9 Å². The second-order valence-electron chi connectivity index (χ2n) is 4.57. The fourth-order valence-electron chi connectivity index (χ4n) is 2.09. The van der Waals surface area contributed by atoms with Crippen LogP contribution in [0, 0.1) is 10.1 Å². The summed E-state index contributed by atoms with van der Waals surface area (Å²) in [7, 11) is 0. The molecule has 0 N–H and O–H groups in total. The zero-order valence-electron chi connectivity index (χ0n) is 10.6. The van der Waals surface area contributed by atoms with Crippen LogP contribution in [-0.4, -0.2) is 28.8 Å². The third kappa shape index (κ3) is 3.64. The molecule has 1 amide bonds. The average molecular weight is 260 g/mol. The second-order valence-corrected chi connectivity index (χ2v) is 4.57. The van der Waals surface area contributed by atoms with Gasteiger partial charge in [0, 0.05) is 31.3 Å². The van der Waals surface area contributed by atoms with Crippen LogP contribution in [0.3, 0.4) is 0 Å². The molecule has 0 unspecified atom stereocenters. The largest absolute Gasteiger partial charge is 0.339 e. The van der Waals surface area contributed by atoms with E-state index in [0.29, 0.717) is 0 Å². The summed E-state index contributed by atoms with van der Waals surface area (Å²) in [5.74, 6) is 0.0121. The number of hydrogen-bond acceptors (Lipinski definition) is 3. The Labute approximate surface area is 111 Å². The van der Waals surface area contributed by atoms with Gasteiger partial charge in [-0.15, -0.1) is 0 Å². The molecule has 1 aromatic carbocycles. The lowest BCUT2D eigenvalue weighted by atomic mass is 10.1. The van der Waals surface area contributed by atoms with Crippen molar-refractivity contribution in [2.45, 2.75) is 19.3 Å². The van der Waals surface area contributed by atoms with Gasteiger partial charge in [-0.05, 0) is 43.0 Å². The quantitative estimate of drug-likeness (QED) is 0.476. The van der Waals surface area contributed by atoms with Gasteiger partial charge in [0.15, 0.2) is 0 Å². The number of carbonyl (C=O) groups is 1. The van der Waals surface area contributed by atoms with Crippen LogP contribution in [0.25, 0.3) is 6.08 Å². The number of nitro groups is 1. The molecule has 1 aliphatic heterocycles. The molecule has 5 heteroatoms. The lowest BCUT2D eigenvalue weighted by Crippen LogP contribution is -2.34. The van der Waals surface area contributed by atoms with Gasteiger partial charge in [-0.25, -0.2) is 0 Å². The van der Waals surface area contributed by atoms with Crippen molar-refractivity contribution < 1.29 is 9.72 Å². The van der Waals surface area contributed by atoms with E-state index < -0.39 is 4.92 Å². The first-order chi connectivity index (χ1) is 9.16. The molecule has 19 heavy (non-hydrogen) atoms. The first kappa shape index (κ1) is 13.3. The molecule has 100 valence electrons. The van der Waals surface area contributed by atoms with Crippen LogP contribution in [0.15, 0.2) is 30.3 Å². The highest BCUT2D eigenvalue weighted by molar-refractivity contribution is 5.91. The van der Waals surface area contributed by atoms with Crippen molar-refractivity contribution in [1.29, 1.82) is 0 Å². The Morgan fingerprint density at radius 2 is 1.79 bits per heavy atom. The molecule has 0 atom stereocenters. The number of nitro benzene ring substituents is 1. The van der Waals surface area contributed by atoms with Crippen molar-refractivity contribution in [3.05, 3.63) is 46.0 Å². The van der Waals surface area contributed by atoms with Crippen LogP contribution in [0.1, 0.15) is 24.8 Å². The van der Waals surface area contributed by atoms with E-state index in [1.807, 2.05) is 4.90 Å². The number of benzene rings is 1. The lowest BCUT2D eigenvalue weighted by molar-refractivity contribution is -0.384. The van der Waals surface area contributed by atoms with E-state index in [0.717, 1.165) is 31.5 Å². The number of hydrogen-bond donors (Lipinski definition) is 0. The molecule has 0 saturated carbocycles. The zero-order chi connectivity index (χ0) is 13.7. The van der Waals surface area contributed by atoms with Gasteiger partial charge in [-0.1, -0.05) is 0 Å². The summed E-state index contributed by atoms with van der Waals surface area (Å²) in [5, 5.41) is 10.5. The molecule has 0 spiro atoms. The molecular formula is C14H16N2O3. The summed E-state index contributed by atoms with van der Waals surface area (Å²) >= 11 is 0. The molecule has 1 aliphatic rings. The monoisotopic (exact) mass is 260 g/mol. The van der Waals surface area contributed by atoms with Crippen LogP contribution in [0.2, 0.25) is 0 Å². The van der Waals surface area contributed by atoms with E-state index in [1.165, 1.54) is 24.6 Å². The minimum absolute atomic E-state index is 0.0121. The number of nitrogens with zero attached hydrogens (tertiary/aromatic N) is 2. The maximum Gasteiger partial charge on any atom is 0.269 e. The standard InChI is InChI=1S/C14H16N2O3/c17-14(15-10-2-1-3-11-15)9-6-12-4-7-13(8-5-12)16(18)19/h4-9H,1-3,10-11H2. The molecule has 0 bridgehead atoms. The first-order valence-electron chi connectivity index (χ1n) is 6.38. The summed E-state index contributed by atoms with van der Waals surface area (Å²) < 4.78 is 0. The summed E-state index contributed by atoms with van der Waals surface area (Å²) in [6.45, 7) is 1.65. The highest BCUT2D eigenvalue weighted by Crippen LogP contribution is 2.14. The summed E-state index contributed by atoms with van der Waals surface area (Å²) in [5.41, 5.74) is 0.843. The predicted molar refractivity (Wildman–Crippen MR) is 72.6 cm³/mol. The van der Waals surface area contributed by atoms with E-state index in [4.69, 9.17) is 0 Å². The summed E-state index contributed by atoms with van der Waals surface area (Å²) in [6, 6.07) is 6.15. The van der Waals surface area contributed by atoms with Crippen molar-refractivity contribution in [2.24, 2.45) is 0 Å². The van der Waals surface area contributed by atoms with Crippen molar-refractivity contribution in [1.82, 2.24) is 4.90 Å². The zero-order valence-corrected chi connectivity index (χ0v) is 10.6. The molecule has 1 saturated heterocycles. The number of amides is 1. The predicted octanol–water partition coefficient (Wildman–Crippen LogP) is 2.62. The molecule has 1 aromatic rings. The molecule has 1 heterocycles. The van der Waals surface area contributed by atoms with Crippen LogP contribution < -0.4 is 0 Å². The lowest BCUT2D eigenvalue weighted by Gasteiger charge is -2.25. The Morgan fingerprint density at radius 1 is 1.16 bits per heavy atom. The van der Waals surface area contributed by atoms with Gasteiger partial charge in [0.05, 0.1) is 4.92 Å². The van der Waals surface area contributed by atoms with Crippen LogP contribution in [0.4, 0.5) is 5.69 Å². The van der Waals surface area contributed by atoms with Gasteiger partial charge in [0.1, 0.15) is 0 Å². The summed E-state index contributed by atoms with van der Waals surface area (Å²) in [4.78, 5) is 23.8. The maximum atomic E-state index is 11.9. The number of non-ortho nitro benzene ring substituents is 1. The Hall–Kier alpha value is -2.17. The van der Waals surface area contributed by atoms with Gasteiger partial charge in [0.2, 0.25) is 5.91 Å². The minimum atomic E-state index is -0.438. The summed E-state index contributed by atoms with van der Waals surface area (Å²) in [6.07, 6.45) is 6.55. The molecule has 1 fully saturated rings. The normalized spacial score (nSPS) is 15.7. The SMILES string of the molecule is O=C(C=Cc1ccc([N+](=O)[O-])cc1)N1CCCCC1. The van der Waals surface area contributed by atoms with Gasteiger partial charge in [-0.2, -0.15) is 0 Å². The maximum absolute atomic E-state index is 11.9. The number of rotatable bonds is 3. The van der Waals surface area contributed by atoms with Gasteiger partial charge >= 0.3 is 0 Å². The van der Waals surface area contributed by atoms with E-state index in [2.05, 4.69) is 0 Å². The Bertz CT molecular complexity index is 488. The van der Waals surface area contributed by atoms with Crippen molar-refractivity contribution in [2.75, 3.05) is 13.1 Å². The molecule has 0 radical (unpaired) electrons. The van der Waals surface area contributed by atoms with Gasteiger partial charge in [0.25, 0.3) is 5.69 Å². The molecule has 5 nitrogen and oxygen atoms in total. The van der Waals surface area contributed by atoms with E-state index in [-0.39, 0.29) is 11.6 Å². The molecule has 0 aromatic heterocycles. The fraction of sp³-hybridized carbons (Fsp3) is 0.357. The molecule has 2 rings (SSSR count). The highest BCUT2D eigenvalue weighted by Gasteiger charge is 2.13. The van der Waals surface area contributed by atoms with Crippen molar-refractivity contribution >= 4 is 17.7 Å². The van der Waals surface area contributed by atoms with E-state index in [1.54, 1.807) is 18.2 Å². The van der Waals surface area contributed by atoms with Crippen LogP contribution >= 0.6 is 0 Å². The Balaban J connectivity index is 1.97. The second kappa shape index (κ2) is 6.13. The third-order valence-electron chi connectivity index (χ3n) is 3.19. The topological polar surface area (TPSA) is 63.4 Å². The van der Waals surface area contributed by atoms with Crippen molar-refractivity contribution in [3.63, 3.8) is 0 Å². The number of carbonyl (C=O) groups excluding carboxylic acids is 1. The smallest absolute Gasteiger partial charge is 0.269 e. The Morgan fingerprint density at radius 3 is 2.37 bits per heavy atom. The van der Waals surface area contributed by atoms with Gasteiger partial charge in [-0.3, -0.25) is 14.9 Å². The van der Waals surface area contributed by atoms with Gasteiger partial charge < -0.3 is 4.90 Å². The van der Waals surface area contributed by atoms with Crippen LogP contribution in [0.5, 0.6) is 0 Å². The Kier molecular flexibility index (Phi) is 4.28.